The number of hydrogen-bond donors (Lipinski definition) is 3. The molecule has 2 aliphatic heterocycles. The van der Waals surface area contributed by atoms with Gasteiger partial charge in [-0.15, -0.1) is 0 Å². The Kier molecular flexibility index (Phi) is 11.6. The molecule has 11 nitrogen and oxygen atoms in total. The number of aliphatic hydroxyl groups is 2. The number of hydrogen-bond acceptors (Lipinski definition) is 10. The van der Waals surface area contributed by atoms with E-state index in [1.807, 2.05) is 0 Å². The Labute approximate surface area is 286 Å². The maximum Gasteiger partial charge on any atom is 0.310 e. The predicted molar refractivity (Wildman–Crippen MR) is 178 cm³/mol. The number of esters is 2. The lowest BCUT2D eigenvalue weighted by atomic mass is 9.44. The summed E-state index contributed by atoms with van der Waals surface area (Å²) in [4.78, 5) is 47.4. The van der Waals surface area contributed by atoms with Crippen molar-refractivity contribution in [2.24, 2.45) is 34.5 Å². The van der Waals surface area contributed by atoms with Gasteiger partial charge in [0, 0.05) is 52.1 Å². The van der Waals surface area contributed by atoms with Crippen LogP contribution >= 0.6 is 0 Å². The Bertz CT molecular complexity index is 1170. The molecule has 0 aromatic rings. The van der Waals surface area contributed by atoms with E-state index in [4.69, 9.17) is 14.6 Å². The van der Waals surface area contributed by atoms with Gasteiger partial charge >= 0.3 is 17.9 Å². The van der Waals surface area contributed by atoms with E-state index < -0.39 is 5.97 Å². The van der Waals surface area contributed by atoms with E-state index in [1.165, 1.54) is 40.0 Å². The van der Waals surface area contributed by atoms with Gasteiger partial charge in [-0.2, -0.15) is 0 Å². The number of aliphatic hydroxyl groups excluding tert-OH is 2. The summed E-state index contributed by atoms with van der Waals surface area (Å²) < 4.78 is 11.0. The molecule has 272 valence electrons. The summed E-state index contributed by atoms with van der Waals surface area (Å²) in [5, 5.41) is 31.0. The van der Waals surface area contributed by atoms with Crippen LogP contribution in [-0.4, -0.2) is 111 Å². The number of carboxylic acids is 1. The van der Waals surface area contributed by atoms with Gasteiger partial charge in [0.2, 0.25) is 0 Å². The van der Waals surface area contributed by atoms with Crippen LogP contribution < -0.4 is 0 Å². The lowest BCUT2D eigenvalue weighted by molar-refractivity contribution is -0.160. The molecule has 48 heavy (non-hydrogen) atoms. The largest absolute Gasteiger partial charge is 0.481 e. The Morgan fingerprint density at radius 3 is 1.73 bits per heavy atom. The Morgan fingerprint density at radius 1 is 0.708 bits per heavy atom. The van der Waals surface area contributed by atoms with Gasteiger partial charge in [-0.05, 0) is 112 Å². The van der Waals surface area contributed by atoms with Gasteiger partial charge in [-0.1, -0.05) is 13.8 Å². The van der Waals surface area contributed by atoms with E-state index in [0.717, 1.165) is 77.5 Å². The monoisotopic (exact) mass is 676 g/mol. The van der Waals surface area contributed by atoms with Crippen LogP contribution in [0.4, 0.5) is 0 Å². The zero-order valence-electron chi connectivity index (χ0n) is 29.8. The fourth-order valence-electron chi connectivity index (χ4n) is 11.3. The third-order valence-corrected chi connectivity index (χ3v) is 13.6. The molecular weight excluding hydrogens is 616 g/mol. The molecule has 6 fully saturated rings. The molecule has 4 aliphatic carbocycles. The maximum absolute atomic E-state index is 11.8. The minimum absolute atomic E-state index is 0.0112. The fraction of sp³-hybridized carbons (Fsp3) is 0.892. The number of piperidine rings is 2. The van der Waals surface area contributed by atoms with E-state index in [-0.39, 0.29) is 71.5 Å². The third kappa shape index (κ3) is 7.79. The first-order chi connectivity index (χ1) is 22.6. The number of carbonyl (C=O) groups is 4. The van der Waals surface area contributed by atoms with Crippen molar-refractivity contribution in [3.8, 4) is 0 Å². The molecule has 0 amide bonds. The molecule has 2 saturated heterocycles. The molecule has 0 radical (unpaired) electrons. The summed E-state index contributed by atoms with van der Waals surface area (Å²) in [5.74, 6) is 0.629. The highest BCUT2D eigenvalue weighted by molar-refractivity contribution is 5.93. The van der Waals surface area contributed by atoms with Gasteiger partial charge in [-0.25, -0.2) is 0 Å². The van der Waals surface area contributed by atoms with E-state index in [2.05, 4.69) is 23.6 Å². The quantitative estimate of drug-likeness (QED) is 0.278. The maximum atomic E-state index is 11.8. The van der Waals surface area contributed by atoms with Crippen molar-refractivity contribution in [1.29, 1.82) is 0 Å². The van der Waals surface area contributed by atoms with E-state index in [1.54, 1.807) is 0 Å². The number of aliphatic carboxylic acids is 1. The van der Waals surface area contributed by atoms with Gasteiger partial charge in [0.05, 0.1) is 12.2 Å². The first-order valence-electron chi connectivity index (χ1n) is 18.5. The molecule has 0 spiro atoms. The molecule has 0 bridgehead atoms. The zero-order valence-corrected chi connectivity index (χ0v) is 29.8. The van der Waals surface area contributed by atoms with Crippen molar-refractivity contribution >= 4 is 23.7 Å². The second-order valence-corrected chi connectivity index (χ2v) is 16.5. The number of likely N-dealkylation sites (tertiary alicyclic amines) is 2. The van der Waals surface area contributed by atoms with Gasteiger partial charge in [-0.3, -0.25) is 29.0 Å². The molecule has 2 heterocycles. The first kappa shape index (κ1) is 37.2. The van der Waals surface area contributed by atoms with Crippen LogP contribution in [0.15, 0.2) is 0 Å². The first-order valence-corrected chi connectivity index (χ1v) is 18.5. The second kappa shape index (κ2) is 15.0. The van der Waals surface area contributed by atoms with Crippen LogP contribution in [-0.2, 0) is 28.7 Å². The van der Waals surface area contributed by atoms with Crippen LogP contribution in [0.5, 0.6) is 0 Å². The van der Waals surface area contributed by atoms with Crippen molar-refractivity contribution in [2.45, 2.75) is 148 Å². The number of carboxylic acid groups (broad SMARTS) is 1. The topological polar surface area (TPSA) is 154 Å². The average molecular weight is 677 g/mol. The van der Waals surface area contributed by atoms with Crippen molar-refractivity contribution < 1.29 is 44.0 Å². The van der Waals surface area contributed by atoms with Crippen LogP contribution in [0.2, 0.25) is 0 Å². The number of fused-ring (bicyclic) bond motifs is 5. The number of rotatable bonds is 6. The Morgan fingerprint density at radius 2 is 1.25 bits per heavy atom. The summed E-state index contributed by atoms with van der Waals surface area (Å²) in [6, 6.07) is 0.383. The smallest absolute Gasteiger partial charge is 0.310 e. The van der Waals surface area contributed by atoms with Gasteiger partial charge in [0.25, 0.3) is 0 Å². The van der Waals surface area contributed by atoms with Crippen LogP contribution in [0.1, 0.15) is 112 Å². The summed E-state index contributed by atoms with van der Waals surface area (Å²) in [7, 11) is 0. The second-order valence-electron chi connectivity index (χ2n) is 16.5. The van der Waals surface area contributed by atoms with Crippen molar-refractivity contribution in [3.05, 3.63) is 0 Å². The molecule has 0 aromatic heterocycles. The van der Waals surface area contributed by atoms with E-state index in [0.29, 0.717) is 23.7 Å². The Hall–Kier alpha value is -2.08. The van der Waals surface area contributed by atoms with Crippen molar-refractivity contribution in [2.75, 3.05) is 26.2 Å². The molecule has 11 heteroatoms. The molecule has 4 saturated carbocycles. The number of carbonyl (C=O) groups excluding carboxylic acids is 3. The number of nitrogens with zero attached hydrogens (tertiary/aromatic N) is 2. The highest BCUT2D eigenvalue weighted by atomic mass is 16.5. The number of Topliss-reactive ketones (excluding diaryl/α,β-unsaturated/α-hetero) is 1. The van der Waals surface area contributed by atoms with Crippen molar-refractivity contribution in [3.63, 3.8) is 0 Å². The SMILES string of the molecule is CC(=O)CC(=O)O.CC(=O)OC1CCN([C@H]2C[C@@]3(C)[C@@H](CC[C@@H]4[C@@H]3CC[C@]3(C)[C@@H](O)[C@@H](N5CCC(OC(C)=O)CC5)C[C@@H]43)C[C@@H]2O)CC1. The molecule has 3 N–H and O–H groups in total. The molecule has 6 aliphatic rings. The lowest BCUT2D eigenvalue weighted by Crippen LogP contribution is -2.60. The van der Waals surface area contributed by atoms with Crippen molar-refractivity contribution in [1.82, 2.24) is 9.80 Å². The number of ketones is 1. The standard InChI is InChI=1S/C33H54N2O6.C4H6O3/c1-20(36)40-23-8-13-34(14-9-23)28-18-27-25-6-5-22-17-30(38)29(35-15-10-24(11-16-35)41-21(2)37)19-33(22,4)26(25)7-12-32(27,3)31(28)39;1-3(5)2-4(6)7/h22-31,38-39H,5-19H2,1-4H3;2H2,1H3,(H,6,7)/t22-,25+,26-,27-,28-,29-,30-,31-,32-,33-;/m0./s1. The molecule has 6 rings (SSSR count). The van der Waals surface area contributed by atoms with Gasteiger partial charge in [0.15, 0.2) is 0 Å². The highest BCUT2D eigenvalue weighted by Gasteiger charge is 2.63. The minimum atomic E-state index is -1.06. The summed E-state index contributed by atoms with van der Waals surface area (Å²) in [6.45, 7) is 12.7. The summed E-state index contributed by atoms with van der Waals surface area (Å²) >= 11 is 0. The molecular formula is C37H60N2O9. The molecule has 10 atom stereocenters. The fourth-order valence-corrected chi connectivity index (χ4v) is 11.3. The lowest BCUT2D eigenvalue weighted by Gasteiger charge is -2.62. The third-order valence-electron chi connectivity index (χ3n) is 13.6. The predicted octanol–water partition coefficient (Wildman–Crippen LogP) is 3.81. The van der Waals surface area contributed by atoms with Crippen LogP contribution in [0.3, 0.4) is 0 Å². The summed E-state index contributed by atoms with van der Waals surface area (Å²) in [6.07, 6.45) is 10.2. The van der Waals surface area contributed by atoms with Gasteiger partial charge < -0.3 is 24.8 Å². The zero-order chi connectivity index (χ0) is 35.0. The molecule has 0 unspecified atom stereocenters. The van der Waals surface area contributed by atoms with E-state index >= 15 is 0 Å². The Balaban J connectivity index is 0.000000582. The van der Waals surface area contributed by atoms with Crippen LogP contribution in [0.25, 0.3) is 0 Å². The molecule has 0 aromatic carbocycles. The minimum Gasteiger partial charge on any atom is -0.481 e. The van der Waals surface area contributed by atoms with Crippen LogP contribution in [0, 0.1) is 34.5 Å². The highest BCUT2D eigenvalue weighted by Crippen LogP contribution is 2.67. The van der Waals surface area contributed by atoms with Gasteiger partial charge in [0.1, 0.15) is 24.4 Å². The average Bonchev–Trinajstić information content (AvgIpc) is 3.27. The summed E-state index contributed by atoms with van der Waals surface area (Å²) in [5.41, 5.74) is 0.181. The normalized spacial score (nSPS) is 40.7. The van der Waals surface area contributed by atoms with E-state index in [9.17, 15) is 29.4 Å². The number of ether oxygens (including phenoxy) is 2.